The van der Waals surface area contributed by atoms with E-state index in [1.165, 1.54) is 0 Å². The van der Waals surface area contributed by atoms with Gasteiger partial charge >= 0.3 is 5.97 Å². The molecule has 0 aromatic heterocycles. The summed E-state index contributed by atoms with van der Waals surface area (Å²) in [6.07, 6.45) is 0. The van der Waals surface area contributed by atoms with E-state index in [1.54, 1.807) is 31.4 Å². The highest BCUT2D eigenvalue weighted by Crippen LogP contribution is 2.15. The van der Waals surface area contributed by atoms with Crippen LogP contribution < -0.4 is 4.74 Å². The minimum absolute atomic E-state index is 0.253. The summed E-state index contributed by atoms with van der Waals surface area (Å²) < 4.78 is 11.3. The second-order valence-corrected chi connectivity index (χ2v) is 4.85. The van der Waals surface area contributed by atoms with Crippen LogP contribution in [0.2, 0.25) is 0 Å². The predicted molar refractivity (Wildman–Crippen MR) is 76.3 cm³/mol. The van der Waals surface area contributed by atoms with Crippen LogP contribution in [0.3, 0.4) is 0 Å². The van der Waals surface area contributed by atoms with Crippen molar-refractivity contribution in [2.24, 2.45) is 0 Å². The third-order valence-corrected chi connectivity index (χ3v) is 3.12. The zero-order chi connectivity index (χ0) is 13.7. The molecule has 0 aliphatic heterocycles. The van der Waals surface area contributed by atoms with E-state index in [4.69, 9.17) is 9.47 Å². The molecule has 0 spiro atoms. The van der Waals surface area contributed by atoms with Gasteiger partial charge in [0, 0.05) is 4.47 Å². The minimum atomic E-state index is -0.359. The van der Waals surface area contributed by atoms with Crippen molar-refractivity contribution in [1.82, 2.24) is 0 Å². The lowest BCUT2D eigenvalue weighted by molar-refractivity contribution is 0.0472. The third-order valence-electron chi connectivity index (χ3n) is 2.59. The van der Waals surface area contributed by atoms with E-state index in [-0.39, 0.29) is 12.6 Å². The highest BCUT2D eigenvalue weighted by Gasteiger charge is 2.08. The molecular weight excluding hydrogens is 308 g/mol. The number of methoxy groups -OCH3 is 1. The molecule has 0 fully saturated rings. The lowest BCUT2D eigenvalue weighted by atomic mass is 10.2. The summed E-state index contributed by atoms with van der Waals surface area (Å²) >= 11 is 3.36. The first-order chi connectivity index (χ1) is 9.19. The molecule has 0 aliphatic carbocycles. The molecule has 0 unspecified atom stereocenters. The zero-order valence-corrected chi connectivity index (χ0v) is 12.0. The van der Waals surface area contributed by atoms with Crippen molar-refractivity contribution in [1.29, 1.82) is 0 Å². The molecule has 2 rings (SSSR count). The van der Waals surface area contributed by atoms with Crippen LogP contribution in [0.25, 0.3) is 0 Å². The molecule has 4 heteroatoms. The van der Waals surface area contributed by atoms with Crippen molar-refractivity contribution in [2.75, 3.05) is 7.11 Å². The summed E-state index contributed by atoms with van der Waals surface area (Å²) in [5.74, 6) is 0.278. The highest BCUT2D eigenvalue weighted by molar-refractivity contribution is 9.10. The monoisotopic (exact) mass is 320 g/mol. The van der Waals surface area contributed by atoms with Gasteiger partial charge in [-0.15, -0.1) is 0 Å². The van der Waals surface area contributed by atoms with Crippen LogP contribution in [0.1, 0.15) is 15.9 Å². The molecule has 2 aromatic carbocycles. The predicted octanol–water partition coefficient (Wildman–Crippen LogP) is 3.81. The fraction of sp³-hybridized carbons (Fsp3) is 0.133. The Morgan fingerprint density at radius 2 is 1.89 bits per heavy atom. The quantitative estimate of drug-likeness (QED) is 0.803. The van der Waals surface area contributed by atoms with E-state index in [1.807, 2.05) is 24.3 Å². The van der Waals surface area contributed by atoms with Crippen molar-refractivity contribution in [3.8, 4) is 5.75 Å². The Balaban J connectivity index is 1.99. The molecule has 98 valence electrons. The molecular formula is C15H13BrO3. The highest BCUT2D eigenvalue weighted by atomic mass is 79.9. The van der Waals surface area contributed by atoms with E-state index in [0.717, 1.165) is 10.0 Å². The number of ether oxygens (including phenoxy) is 2. The van der Waals surface area contributed by atoms with Crippen LogP contribution in [0.15, 0.2) is 53.0 Å². The molecule has 0 aliphatic rings. The van der Waals surface area contributed by atoms with Crippen LogP contribution in [-0.4, -0.2) is 13.1 Å². The molecule has 0 saturated heterocycles. The van der Waals surface area contributed by atoms with E-state index >= 15 is 0 Å². The van der Waals surface area contributed by atoms with Crippen molar-refractivity contribution >= 4 is 21.9 Å². The Morgan fingerprint density at radius 1 is 1.16 bits per heavy atom. The van der Waals surface area contributed by atoms with Gasteiger partial charge < -0.3 is 9.47 Å². The SMILES string of the molecule is COc1cccc(C(=O)OCc2ccc(Br)cc2)c1. The van der Waals surface area contributed by atoms with Crippen LogP contribution in [-0.2, 0) is 11.3 Å². The van der Waals surface area contributed by atoms with Gasteiger partial charge in [-0.25, -0.2) is 4.79 Å². The van der Waals surface area contributed by atoms with Gasteiger partial charge in [-0.2, -0.15) is 0 Å². The summed E-state index contributed by atoms with van der Waals surface area (Å²) in [6, 6.07) is 14.5. The molecule has 2 aromatic rings. The first kappa shape index (κ1) is 13.6. The van der Waals surface area contributed by atoms with E-state index in [0.29, 0.717) is 11.3 Å². The number of carbonyl (C=O) groups is 1. The van der Waals surface area contributed by atoms with Crippen molar-refractivity contribution in [3.63, 3.8) is 0 Å². The Bertz CT molecular complexity index is 564. The first-order valence-corrected chi connectivity index (χ1v) is 6.54. The number of benzene rings is 2. The molecule has 0 bridgehead atoms. The van der Waals surface area contributed by atoms with Gasteiger partial charge in [0.2, 0.25) is 0 Å². The third kappa shape index (κ3) is 3.83. The first-order valence-electron chi connectivity index (χ1n) is 5.74. The Morgan fingerprint density at radius 3 is 2.58 bits per heavy atom. The number of esters is 1. The van der Waals surface area contributed by atoms with Gasteiger partial charge in [-0.05, 0) is 35.9 Å². The second kappa shape index (κ2) is 6.38. The van der Waals surface area contributed by atoms with Gasteiger partial charge in [0.25, 0.3) is 0 Å². The zero-order valence-electron chi connectivity index (χ0n) is 10.4. The molecule has 0 heterocycles. The van der Waals surface area contributed by atoms with Gasteiger partial charge in [0.1, 0.15) is 12.4 Å². The number of carbonyl (C=O) groups excluding carboxylic acids is 1. The number of rotatable bonds is 4. The molecule has 0 amide bonds. The van der Waals surface area contributed by atoms with Crippen molar-refractivity contribution < 1.29 is 14.3 Å². The molecule has 3 nitrogen and oxygen atoms in total. The van der Waals surface area contributed by atoms with Crippen molar-refractivity contribution in [3.05, 3.63) is 64.1 Å². The van der Waals surface area contributed by atoms with Gasteiger partial charge in [0.15, 0.2) is 0 Å². The van der Waals surface area contributed by atoms with Gasteiger partial charge in [-0.1, -0.05) is 34.1 Å². The maximum Gasteiger partial charge on any atom is 0.338 e. The van der Waals surface area contributed by atoms with Gasteiger partial charge in [0.05, 0.1) is 12.7 Å². The fourth-order valence-electron chi connectivity index (χ4n) is 1.56. The average molecular weight is 321 g/mol. The molecule has 0 saturated carbocycles. The maximum atomic E-state index is 11.9. The smallest absolute Gasteiger partial charge is 0.338 e. The fourth-order valence-corrected chi connectivity index (χ4v) is 1.83. The van der Waals surface area contributed by atoms with Crippen molar-refractivity contribution in [2.45, 2.75) is 6.61 Å². The molecule has 19 heavy (non-hydrogen) atoms. The molecule has 0 N–H and O–H groups in total. The lowest BCUT2D eigenvalue weighted by Crippen LogP contribution is -2.05. The normalized spacial score (nSPS) is 10.0. The van der Waals surface area contributed by atoms with E-state index in [2.05, 4.69) is 15.9 Å². The van der Waals surface area contributed by atoms with Crippen LogP contribution >= 0.6 is 15.9 Å². The Kier molecular flexibility index (Phi) is 4.58. The summed E-state index contributed by atoms with van der Waals surface area (Å²) in [6.45, 7) is 0.253. The summed E-state index contributed by atoms with van der Waals surface area (Å²) in [7, 11) is 1.56. The summed E-state index contributed by atoms with van der Waals surface area (Å²) in [5.41, 5.74) is 1.43. The number of hydrogen-bond acceptors (Lipinski definition) is 3. The van der Waals surface area contributed by atoms with E-state index in [9.17, 15) is 4.79 Å². The minimum Gasteiger partial charge on any atom is -0.497 e. The van der Waals surface area contributed by atoms with Gasteiger partial charge in [-0.3, -0.25) is 0 Å². The van der Waals surface area contributed by atoms with Crippen LogP contribution in [0, 0.1) is 0 Å². The molecule has 0 radical (unpaired) electrons. The Hall–Kier alpha value is -1.81. The summed E-state index contributed by atoms with van der Waals surface area (Å²) in [4.78, 5) is 11.9. The van der Waals surface area contributed by atoms with Crippen LogP contribution in [0.5, 0.6) is 5.75 Å². The maximum absolute atomic E-state index is 11.9. The van der Waals surface area contributed by atoms with E-state index < -0.39 is 0 Å². The Labute approximate surface area is 120 Å². The number of hydrogen-bond donors (Lipinski definition) is 0. The average Bonchev–Trinajstić information content (AvgIpc) is 2.46. The lowest BCUT2D eigenvalue weighted by Gasteiger charge is -2.06. The largest absolute Gasteiger partial charge is 0.497 e. The second-order valence-electron chi connectivity index (χ2n) is 3.93. The standard InChI is InChI=1S/C15H13BrO3/c1-18-14-4-2-3-12(9-14)15(17)19-10-11-5-7-13(16)8-6-11/h2-9H,10H2,1H3. The molecule has 0 atom stereocenters. The topological polar surface area (TPSA) is 35.5 Å². The number of halogens is 1. The van der Waals surface area contributed by atoms with Crippen LogP contribution in [0.4, 0.5) is 0 Å². The summed E-state index contributed by atoms with van der Waals surface area (Å²) in [5, 5.41) is 0.